The number of carboxylic acid groups (broad SMARTS) is 1. The average Bonchev–Trinajstić information content (AvgIpc) is 2.39. The van der Waals surface area contributed by atoms with Crippen molar-refractivity contribution in [3.05, 3.63) is 30.1 Å². The van der Waals surface area contributed by atoms with E-state index in [0.29, 0.717) is 5.69 Å². The molecule has 110 valence electrons. The minimum Gasteiger partial charge on any atom is -0.480 e. The van der Waals surface area contributed by atoms with Crippen LogP contribution >= 0.6 is 0 Å². The fraction of sp³-hybridized carbons (Fsp3) is 0.385. The number of benzene rings is 1. The maximum absolute atomic E-state index is 13.2. The van der Waals surface area contributed by atoms with Gasteiger partial charge in [0, 0.05) is 19.3 Å². The number of carboxylic acids is 1. The lowest BCUT2D eigenvalue weighted by Gasteiger charge is -2.23. The van der Waals surface area contributed by atoms with Gasteiger partial charge < -0.3 is 15.2 Å². The molecule has 6 nitrogen and oxygen atoms in total. The Hall–Kier alpha value is -2.15. The van der Waals surface area contributed by atoms with Crippen LogP contribution in [0.5, 0.6) is 0 Å². The standard InChI is InChI=1S/C13H17FN2O4/c1-3-16(10-6-4-5-9(14)7-10)13(19)15-11(8-20-2)12(17)18/h4-7,11H,3,8H2,1-2H3,(H,15,19)(H,17,18). The highest BCUT2D eigenvalue weighted by molar-refractivity contribution is 5.94. The average molecular weight is 284 g/mol. The van der Waals surface area contributed by atoms with E-state index in [-0.39, 0.29) is 13.2 Å². The molecule has 1 rings (SSSR count). The molecule has 1 aromatic carbocycles. The Morgan fingerprint density at radius 3 is 2.70 bits per heavy atom. The van der Waals surface area contributed by atoms with Crippen molar-refractivity contribution in [2.75, 3.05) is 25.2 Å². The number of nitrogens with one attached hydrogen (secondary N) is 1. The molecule has 0 aromatic heterocycles. The van der Waals surface area contributed by atoms with E-state index in [2.05, 4.69) is 5.32 Å². The highest BCUT2D eigenvalue weighted by Crippen LogP contribution is 2.15. The van der Waals surface area contributed by atoms with Gasteiger partial charge in [0.2, 0.25) is 0 Å². The van der Waals surface area contributed by atoms with Crippen molar-refractivity contribution in [3.8, 4) is 0 Å². The highest BCUT2D eigenvalue weighted by Gasteiger charge is 2.23. The Balaban J connectivity index is 2.84. The van der Waals surface area contributed by atoms with Gasteiger partial charge in [-0.1, -0.05) is 6.07 Å². The third-order valence-electron chi connectivity index (χ3n) is 2.61. The Bertz CT molecular complexity index is 481. The number of amides is 2. The molecule has 1 unspecified atom stereocenters. The van der Waals surface area contributed by atoms with Crippen LogP contribution in [0.1, 0.15) is 6.92 Å². The molecule has 0 spiro atoms. The Labute approximate surface area is 116 Å². The van der Waals surface area contributed by atoms with E-state index in [1.807, 2.05) is 0 Å². The second kappa shape index (κ2) is 7.44. The summed E-state index contributed by atoms with van der Waals surface area (Å²) in [7, 11) is 1.34. The van der Waals surface area contributed by atoms with E-state index >= 15 is 0 Å². The zero-order chi connectivity index (χ0) is 15.1. The number of anilines is 1. The van der Waals surface area contributed by atoms with E-state index in [0.717, 1.165) is 0 Å². The molecule has 1 aromatic rings. The summed E-state index contributed by atoms with van der Waals surface area (Å²) >= 11 is 0. The molecular formula is C13H17FN2O4. The van der Waals surface area contributed by atoms with Gasteiger partial charge in [0.25, 0.3) is 0 Å². The lowest BCUT2D eigenvalue weighted by Crippen LogP contribution is -2.50. The first-order chi connectivity index (χ1) is 9.49. The topological polar surface area (TPSA) is 78.9 Å². The van der Waals surface area contributed by atoms with Gasteiger partial charge in [-0.15, -0.1) is 0 Å². The second-order valence-corrected chi connectivity index (χ2v) is 4.02. The monoisotopic (exact) mass is 284 g/mol. The number of nitrogens with zero attached hydrogens (tertiary/aromatic N) is 1. The maximum Gasteiger partial charge on any atom is 0.328 e. The van der Waals surface area contributed by atoms with Gasteiger partial charge in [-0.05, 0) is 25.1 Å². The summed E-state index contributed by atoms with van der Waals surface area (Å²) in [6.45, 7) is 1.83. The zero-order valence-corrected chi connectivity index (χ0v) is 11.3. The van der Waals surface area contributed by atoms with Gasteiger partial charge in [-0.2, -0.15) is 0 Å². The van der Waals surface area contributed by atoms with Crippen LogP contribution in [0.4, 0.5) is 14.9 Å². The van der Waals surface area contributed by atoms with Crippen LogP contribution in [0.15, 0.2) is 24.3 Å². The highest BCUT2D eigenvalue weighted by atomic mass is 19.1. The number of carbonyl (C=O) groups is 2. The molecule has 7 heteroatoms. The Morgan fingerprint density at radius 1 is 1.50 bits per heavy atom. The van der Waals surface area contributed by atoms with E-state index in [1.54, 1.807) is 13.0 Å². The Morgan fingerprint density at radius 2 is 2.20 bits per heavy atom. The molecule has 2 N–H and O–H groups in total. The van der Waals surface area contributed by atoms with Crippen molar-refractivity contribution < 1.29 is 23.8 Å². The van der Waals surface area contributed by atoms with Crippen LogP contribution < -0.4 is 10.2 Å². The minimum absolute atomic E-state index is 0.151. The summed E-state index contributed by atoms with van der Waals surface area (Å²) < 4.78 is 17.9. The van der Waals surface area contributed by atoms with Crippen molar-refractivity contribution in [1.82, 2.24) is 5.32 Å². The molecule has 1 atom stereocenters. The van der Waals surface area contributed by atoms with Crippen molar-refractivity contribution in [3.63, 3.8) is 0 Å². The molecule has 0 bridgehead atoms. The molecule has 0 aliphatic carbocycles. The number of hydrogen-bond acceptors (Lipinski definition) is 3. The van der Waals surface area contributed by atoms with Crippen LogP contribution in [-0.4, -0.2) is 43.4 Å². The van der Waals surface area contributed by atoms with Crippen molar-refractivity contribution in [2.24, 2.45) is 0 Å². The van der Waals surface area contributed by atoms with Crippen molar-refractivity contribution >= 4 is 17.7 Å². The van der Waals surface area contributed by atoms with Crippen LogP contribution in [0.25, 0.3) is 0 Å². The smallest absolute Gasteiger partial charge is 0.328 e. The number of urea groups is 1. The number of hydrogen-bond donors (Lipinski definition) is 2. The molecule has 2 amide bonds. The molecule has 0 heterocycles. The number of carbonyl (C=O) groups excluding carboxylic acids is 1. The first kappa shape index (κ1) is 15.9. The quantitative estimate of drug-likeness (QED) is 0.829. The number of aliphatic carboxylic acids is 1. The SMILES string of the molecule is CCN(C(=O)NC(COC)C(=O)O)c1cccc(F)c1. The fourth-order valence-electron chi connectivity index (χ4n) is 1.66. The molecule has 20 heavy (non-hydrogen) atoms. The molecular weight excluding hydrogens is 267 g/mol. The first-order valence-corrected chi connectivity index (χ1v) is 6.05. The van der Waals surface area contributed by atoms with Gasteiger partial charge in [0.1, 0.15) is 5.82 Å². The molecule has 0 saturated heterocycles. The summed E-state index contributed by atoms with van der Waals surface area (Å²) in [5, 5.41) is 11.3. The predicted octanol–water partition coefficient (Wildman–Crippen LogP) is 1.46. The number of halogens is 1. The van der Waals surface area contributed by atoms with Crippen molar-refractivity contribution in [1.29, 1.82) is 0 Å². The van der Waals surface area contributed by atoms with Gasteiger partial charge >= 0.3 is 12.0 Å². The first-order valence-electron chi connectivity index (χ1n) is 6.05. The number of ether oxygens (including phenoxy) is 1. The Kier molecular flexibility index (Phi) is 5.92. The number of rotatable bonds is 6. The summed E-state index contributed by atoms with van der Waals surface area (Å²) in [5.74, 6) is -1.67. The van der Waals surface area contributed by atoms with Crippen LogP contribution in [0.3, 0.4) is 0 Å². The molecule has 0 aliphatic rings. The maximum atomic E-state index is 13.2. The fourth-order valence-corrected chi connectivity index (χ4v) is 1.66. The summed E-state index contributed by atoms with van der Waals surface area (Å²) in [4.78, 5) is 24.2. The summed E-state index contributed by atoms with van der Waals surface area (Å²) in [6.07, 6.45) is 0. The normalized spacial score (nSPS) is 11.8. The molecule has 0 fully saturated rings. The van der Waals surface area contributed by atoms with Crippen LogP contribution in [-0.2, 0) is 9.53 Å². The summed E-state index contributed by atoms with van der Waals surface area (Å²) in [5.41, 5.74) is 0.353. The summed E-state index contributed by atoms with van der Waals surface area (Å²) in [6, 6.07) is 3.73. The van der Waals surface area contributed by atoms with E-state index < -0.39 is 23.9 Å². The molecule has 0 saturated carbocycles. The minimum atomic E-state index is -1.20. The second-order valence-electron chi connectivity index (χ2n) is 4.02. The molecule has 0 aliphatic heterocycles. The van der Waals surface area contributed by atoms with Gasteiger partial charge in [0.05, 0.1) is 6.61 Å². The zero-order valence-electron chi connectivity index (χ0n) is 11.3. The third-order valence-corrected chi connectivity index (χ3v) is 2.61. The largest absolute Gasteiger partial charge is 0.480 e. The van der Waals surface area contributed by atoms with Crippen molar-refractivity contribution in [2.45, 2.75) is 13.0 Å². The lowest BCUT2D eigenvalue weighted by atomic mass is 10.2. The van der Waals surface area contributed by atoms with Gasteiger partial charge in [-0.25, -0.2) is 14.0 Å². The van der Waals surface area contributed by atoms with Crippen LogP contribution in [0.2, 0.25) is 0 Å². The lowest BCUT2D eigenvalue weighted by molar-refractivity contribution is -0.140. The van der Waals surface area contributed by atoms with Crippen LogP contribution in [0, 0.1) is 5.82 Å². The van der Waals surface area contributed by atoms with E-state index in [9.17, 15) is 14.0 Å². The molecule has 0 radical (unpaired) electrons. The predicted molar refractivity (Wildman–Crippen MR) is 71.3 cm³/mol. The van der Waals surface area contributed by atoms with Gasteiger partial charge in [0.15, 0.2) is 6.04 Å². The third kappa shape index (κ3) is 4.20. The van der Waals surface area contributed by atoms with Gasteiger partial charge in [-0.3, -0.25) is 4.90 Å². The van der Waals surface area contributed by atoms with E-state index in [4.69, 9.17) is 9.84 Å². The number of methoxy groups -OCH3 is 1. The van der Waals surface area contributed by atoms with E-state index in [1.165, 1.54) is 30.2 Å².